The zero-order valence-electron chi connectivity index (χ0n) is 27.9. The minimum atomic E-state index is -0.209. The molecule has 0 amide bonds. The fourth-order valence-electron chi connectivity index (χ4n) is 7.47. The van der Waals surface area contributed by atoms with Crippen LogP contribution in [0.1, 0.15) is 57.2 Å². The van der Waals surface area contributed by atoms with Crippen LogP contribution in [0.5, 0.6) is 11.6 Å². The molecule has 15 heteroatoms. The molecule has 0 radical (unpaired) electrons. The van der Waals surface area contributed by atoms with Crippen LogP contribution in [0.2, 0.25) is 5.02 Å². The Kier molecular flexibility index (Phi) is 9.55. The van der Waals surface area contributed by atoms with E-state index in [1.54, 1.807) is 35.7 Å². The topological polar surface area (TPSA) is 143 Å². The summed E-state index contributed by atoms with van der Waals surface area (Å²) in [6, 6.07) is 13.5. The molecule has 2 aliphatic heterocycles. The summed E-state index contributed by atoms with van der Waals surface area (Å²) in [5.74, 6) is 1.48. The molecule has 1 aromatic carbocycles. The van der Waals surface area contributed by atoms with E-state index in [1.807, 2.05) is 43.5 Å². The average Bonchev–Trinajstić information content (AvgIpc) is 3.87. The molecule has 2 bridgehead atoms. The number of fused-ring (bicyclic) bond motifs is 2. The van der Waals surface area contributed by atoms with E-state index in [0.29, 0.717) is 59.6 Å². The molecule has 3 fully saturated rings. The minimum absolute atomic E-state index is 0.209. The van der Waals surface area contributed by atoms with Crippen LogP contribution < -0.4 is 14.8 Å². The first-order valence-electron chi connectivity index (χ1n) is 17.3. The Morgan fingerprint density at radius 1 is 0.940 bits per heavy atom. The number of hydrogen-bond acceptors (Lipinski definition) is 12. The molecular weight excluding hydrogens is 658 g/mol. The lowest BCUT2D eigenvalue weighted by atomic mass is 9.89. The van der Waals surface area contributed by atoms with Gasteiger partial charge in [-0.1, -0.05) is 23.7 Å². The van der Waals surface area contributed by atoms with Crippen LogP contribution in [0.15, 0.2) is 67.5 Å². The average molecular weight is 698 g/mol. The van der Waals surface area contributed by atoms with Gasteiger partial charge in [-0.2, -0.15) is 0 Å². The summed E-state index contributed by atoms with van der Waals surface area (Å²) in [7, 11) is 0. The second-order valence-electron chi connectivity index (χ2n) is 13.3. The van der Waals surface area contributed by atoms with E-state index in [4.69, 9.17) is 30.9 Å². The largest absolute Gasteiger partial charge is 0.487 e. The van der Waals surface area contributed by atoms with E-state index >= 15 is 0 Å². The second-order valence-corrected chi connectivity index (χ2v) is 13.7. The van der Waals surface area contributed by atoms with Gasteiger partial charge in [0.05, 0.1) is 42.7 Å². The summed E-state index contributed by atoms with van der Waals surface area (Å²) in [5.41, 5.74) is 3.22. The van der Waals surface area contributed by atoms with Gasteiger partial charge in [-0.15, -0.1) is 10.2 Å². The molecule has 1 aliphatic carbocycles. The Balaban J connectivity index is 0.958. The van der Waals surface area contributed by atoms with Crippen LogP contribution in [-0.2, 0) is 17.9 Å². The normalized spacial score (nSPS) is 22.7. The van der Waals surface area contributed by atoms with Crippen LogP contribution in [0.4, 0.5) is 11.6 Å². The quantitative estimate of drug-likeness (QED) is 0.176. The molecule has 6 heterocycles. The number of aromatic nitrogens is 9. The first-order chi connectivity index (χ1) is 24.6. The molecule has 3 aliphatic rings. The van der Waals surface area contributed by atoms with Gasteiger partial charge in [0.25, 0.3) is 5.88 Å². The minimum Gasteiger partial charge on any atom is -0.487 e. The molecule has 260 valence electrons. The summed E-state index contributed by atoms with van der Waals surface area (Å²) in [6.07, 6.45) is 15.6. The second kappa shape index (κ2) is 14.7. The van der Waals surface area contributed by atoms with Crippen LogP contribution in [-0.4, -0.2) is 87.3 Å². The van der Waals surface area contributed by atoms with Crippen LogP contribution >= 0.6 is 11.6 Å². The molecule has 8 rings (SSSR count). The van der Waals surface area contributed by atoms with Gasteiger partial charge in [0.1, 0.15) is 30.5 Å². The number of nitrogens with one attached hydrogen (secondary N) is 1. The van der Waals surface area contributed by atoms with Crippen LogP contribution in [0, 0.1) is 0 Å². The smallest absolute Gasteiger partial charge is 0.257 e. The molecule has 3 atom stereocenters. The zero-order chi connectivity index (χ0) is 33.9. The molecule has 1 saturated carbocycles. The predicted molar refractivity (Wildman–Crippen MR) is 185 cm³/mol. The number of morpholine rings is 1. The molecule has 1 N–H and O–H groups in total. The highest BCUT2D eigenvalue weighted by molar-refractivity contribution is 6.32. The van der Waals surface area contributed by atoms with Crippen molar-refractivity contribution < 1.29 is 14.2 Å². The maximum Gasteiger partial charge on any atom is 0.257 e. The summed E-state index contributed by atoms with van der Waals surface area (Å²) in [4.78, 5) is 16.5. The van der Waals surface area contributed by atoms with E-state index < -0.39 is 0 Å². The van der Waals surface area contributed by atoms with Gasteiger partial charge in [-0.25, -0.2) is 14.6 Å². The van der Waals surface area contributed by atoms with Crippen molar-refractivity contribution >= 4 is 23.2 Å². The number of ether oxygens (including phenoxy) is 3. The number of pyridine rings is 1. The lowest BCUT2D eigenvalue weighted by Gasteiger charge is -2.43. The predicted octanol–water partition coefficient (Wildman–Crippen LogP) is 5.51. The maximum absolute atomic E-state index is 6.48. The number of halogens is 1. The number of anilines is 2. The SMILES string of the molecule is C[C@@H](Cn1cnnn1)Oc1cc(-c2cnc(Nc3cn(C4CCC(N5[C@@H]6CC[C@H]5COC6)CC4)nc3OCc3ccccn3)nc2)ccc1Cl. The van der Waals surface area contributed by atoms with Crippen molar-refractivity contribution in [3.8, 4) is 22.8 Å². The fourth-order valence-corrected chi connectivity index (χ4v) is 7.64. The zero-order valence-corrected chi connectivity index (χ0v) is 28.6. The van der Waals surface area contributed by atoms with Crippen molar-refractivity contribution in [3.63, 3.8) is 0 Å². The lowest BCUT2D eigenvalue weighted by Crippen LogP contribution is -2.52. The van der Waals surface area contributed by atoms with Crippen molar-refractivity contribution in [2.24, 2.45) is 0 Å². The Hall–Kier alpha value is -4.66. The maximum atomic E-state index is 6.48. The fraction of sp³-hybridized carbons (Fsp3) is 0.457. The van der Waals surface area contributed by atoms with Gasteiger partial charge >= 0.3 is 0 Å². The van der Waals surface area contributed by atoms with Gasteiger partial charge in [0.15, 0.2) is 0 Å². The molecule has 2 saturated heterocycles. The number of benzene rings is 1. The third-order valence-electron chi connectivity index (χ3n) is 9.87. The Morgan fingerprint density at radius 3 is 2.46 bits per heavy atom. The summed E-state index contributed by atoms with van der Waals surface area (Å²) in [5, 5.41) is 20.0. The van der Waals surface area contributed by atoms with Gasteiger partial charge < -0.3 is 19.5 Å². The first-order valence-corrected chi connectivity index (χ1v) is 17.7. The molecule has 4 aromatic heterocycles. The van der Waals surface area contributed by atoms with Crippen LogP contribution in [0.3, 0.4) is 0 Å². The lowest BCUT2D eigenvalue weighted by molar-refractivity contribution is -0.0458. The van der Waals surface area contributed by atoms with Gasteiger partial charge in [-0.05, 0) is 85.7 Å². The van der Waals surface area contributed by atoms with E-state index in [0.717, 1.165) is 55.7 Å². The number of hydrogen-bond donors (Lipinski definition) is 1. The van der Waals surface area contributed by atoms with Crippen molar-refractivity contribution in [3.05, 3.63) is 78.2 Å². The first kappa shape index (κ1) is 32.5. The van der Waals surface area contributed by atoms with Gasteiger partial charge in [0.2, 0.25) is 5.95 Å². The van der Waals surface area contributed by atoms with E-state index in [-0.39, 0.29) is 12.1 Å². The molecular formula is C35H40ClN11O3. The third-order valence-corrected chi connectivity index (χ3v) is 10.2. The molecule has 50 heavy (non-hydrogen) atoms. The van der Waals surface area contributed by atoms with Crippen molar-refractivity contribution in [1.82, 2.24) is 49.8 Å². The number of tetrazole rings is 1. The highest BCUT2D eigenvalue weighted by Crippen LogP contribution is 2.40. The molecule has 14 nitrogen and oxygen atoms in total. The third kappa shape index (κ3) is 7.28. The summed E-state index contributed by atoms with van der Waals surface area (Å²) < 4.78 is 21.9. The standard InChI is InChI=1S/C35H40ClN11O3/c1-23(17-45-22-40-43-44-45)50-33-14-24(5-12-31(33)36)25-15-38-35(39-16-25)41-32-18-46(42-34(32)49-19-26-4-2-3-13-37-26)27-6-8-28(9-7-27)47-29-10-11-30(47)21-48-20-29/h2-5,12-16,18,22-23,27-30H,6-11,17,19-21H2,1H3,(H,38,39,41)/t23-,27?,28?,29-,30+/m0/s1. The van der Waals surface area contributed by atoms with E-state index in [2.05, 4.69) is 45.4 Å². The molecule has 5 aromatic rings. The highest BCUT2D eigenvalue weighted by Gasteiger charge is 2.42. The van der Waals surface area contributed by atoms with E-state index in [9.17, 15) is 0 Å². The van der Waals surface area contributed by atoms with Crippen molar-refractivity contribution in [2.45, 2.75) is 88.9 Å². The van der Waals surface area contributed by atoms with Gasteiger partial charge in [-0.3, -0.25) is 14.6 Å². The van der Waals surface area contributed by atoms with Crippen molar-refractivity contribution in [2.75, 3.05) is 18.5 Å². The van der Waals surface area contributed by atoms with Gasteiger partial charge in [0, 0.05) is 42.3 Å². The van der Waals surface area contributed by atoms with E-state index in [1.165, 1.54) is 12.8 Å². The van der Waals surface area contributed by atoms with Crippen molar-refractivity contribution in [1.29, 1.82) is 0 Å². The molecule has 0 unspecified atom stereocenters. The monoisotopic (exact) mass is 697 g/mol. The number of rotatable bonds is 12. The molecule has 0 spiro atoms. The Morgan fingerprint density at radius 2 is 1.72 bits per heavy atom. The Bertz CT molecular complexity index is 1830. The highest BCUT2D eigenvalue weighted by atomic mass is 35.5. The summed E-state index contributed by atoms with van der Waals surface area (Å²) >= 11 is 6.48. The summed E-state index contributed by atoms with van der Waals surface area (Å²) in [6.45, 7) is 4.47. The number of nitrogens with zero attached hydrogens (tertiary/aromatic N) is 10. The van der Waals surface area contributed by atoms with Crippen LogP contribution in [0.25, 0.3) is 11.1 Å². The Labute approximate surface area is 295 Å².